The molecule has 10 heteroatoms. The van der Waals surface area contributed by atoms with E-state index in [1.807, 2.05) is 19.2 Å². The van der Waals surface area contributed by atoms with Gasteiger partial charge >= 0.3 is 0 Å². The monoisotopic (exact) mass is 477 g/mol. The van der Waals surface area contributed by atoms with Gasteiger partial charge in [-0.1, -0.05) is 0 Å². The van der Waals surface area contributed by atoms with E-state index < -0.39 is 29.8 Å². The standard InChI is InChI=1S/C25H21F2N5O3/c1-15-11-31(14-29-15)22-4-3-20(9-24(22)35-2)30-21-5-16(10-28)12-32(25(21)34)23(13-33)17-6-18(26)8-19(27)7-17/h3-9,11-12,14,23,30,33H,13H2,1-2H3/t23-/m0/s1. The number of nitrogens with one attached hydrogen (secondary N) is 1. The molecule has 0 fully saturated rings. The highest BCUT2D eigenvalue weighted by molar-refractivity contribution is 5.65. The molecule has 0 saturated carbocycles. The zero-order chi connectivity index (χ0) is 25.1. The van der Waals surface area contributed by atoms with Gasteiger partial charge in [0.2, 0.25) is 0 Å². The van der Waals surface area contributed by atoms with Crippen LogP contribution in [-0.4, -0.2) is 32.9 Å². The van der Waals surface area contributed by atoms with Crippen molar-refractivity contribution in [1.29, 1.82) is 5.26 Å². The molecule has 0 bridgehead atoms. The van der Waals surface area contributed by atoms with E-state index in [4.69, 9.17) is 4.74 Å². The van der Waals surface area contributed by atoms with Crippen molar-refractivity contribution in [2.24, 2.45) is 0 Å². The summed E-state index contributed by atoms with van der Waals surface area (Å²) in [6.07, 6.45) is 4.73. The lowest BCUT2D eigenvalue weighted by Gasteiger charge is -2.20. The average molecular weight is 477 g/mol. The van der Waals surface area contributed by atoms with Crippen LogP contribution in [0.15, 0.2) is 66.0 Å². The Morgan fingerprint density at radius 3 is 2.51 bits per heavy atom. The van der Waals surface area contributed by atoms with E-state index >= 15 is 0 Å². The molecule has 0 aliphatic carbocycles. The molecule has 0 aliphatic rings. The van der Waals surface area contributed by atoms with Gasteiger partial charge in [-0.2, -0.15) is 5.26 Å². The summed E-state index contributed by atoms with van der Waals surface area (Å²) >= 11 is 0. The zero-order valence-electron chi connectivity index (χ0n) is 18.9. The van der Waals surface area contributed by atoms with Crippen LogP contribution in [0.25, 0.3) is 5.69 Å². The van der Waals surface area contributed by atoms with Crippen molar-refractivity contribution in [3.8, 4) is 17.5 Å². The maximum atomic E-state index is 13.8. The lowest BCUT2D eigenvalue weighted by molar-refractivity contribution is 0.246. The molecule has 1 atom stereocenters. The van der Waals surface area contributed by atoms with Crippen molar-refractivity contribution in [2.75, 3.05) is 19.0 Å². The Kier molecular flexibility index (Phi) is 6.62. The molecule has 2 aromatic carbocycles. The minimum Gasteiger partial charge on any atom is -0.494 e. The van der Waals surface area contributed by atoms with E-state index in [0.29, 0.717) is 17.5 Å². The fraction of sp³-hybridized carbons (Fsp3) is 0.160. The van der Waals surface area contributed by atoms with Gasteiger partial charge in [-0.25, -0.2) is 13.8 Å². The Bertz CT molecular complexity index is 1470. The molecule has 0 spiro atoms. The third-order valence-electron chi connectivity index (χ3n) is 5.40. The highest BCUT2D eigenvalue weighted by Crippen LogP contribution is 2.28. The lowest BCUT2D eigenvalue weighted by atomic mass is 10.1. The number of imidazole rings is 1. The number of rotatable bonds is 7. The molecule has 178 valence electrons. The number of nitrogens with zero attached hydrogens (tertiary/aromatic N) is 4. The van der Waals surface area contributed by atoms with E-state index in [9.17, 15) is 23.9 Å². The summed E-state index contributed by atoms with van der Waals surface area (Å²) in [5.41, 5.74) is 1.66. The third kappa shape index (κ3) is 4.90. The van der Waals surface area contributed by atoms with Crippen LogP contribution in [-0.2, 0) is 0 Å². The molecule has 2 aromatic heterocycles. The quantitative estimate of drug-likeness (QED) is 0.419. The normalized spacial score (nSPS) is 11.7. The van der Waals surface area contributed by atoms with Crippen molar-refractivity contribution >= 4 is 11.4 Å². The van der Waals surface area contributed by atoms with Crippen molar-refractivity contribution in [3.63, 3.8) is 0 Å². The molecule has 0 aliphatic heterocycles. The molecule has 4 rings (SSSR count). The molecule has 0 radical (unpaired) electrons. The number of hydrogen-bond acceptors (Lipinski definition) is 6. The van der Waals surface area contributed by atoms with E-state index in [-0.39, 0.29) is 16.8 Å². The van der Waals surface area contributed by atoms with E-state index in [2.05, 4.69) is 10.3 Å². The first-order valence-electron chi connectivity index (χ1n) is 10.5. The number of aromatic nitrogens is 3. The van der Waals surface area contributed by atoms with Crippen LogP contribution in [0.3, 0.4) is 0 Å². The molecular weight excluding hydrogens is 456 g/mol. The third-order valence-corrected chi connectivity index (χ3v) is 5.40. The van der Waals surface area contributed by atoms with E-state index in [1.54, 1.807) is 29.1 Å². The summed E-state index contributed by atoms with van der Waals surface area (Å²) in [4.78, 5) is 17.5. The van der Waals surface area contributed by atoms with Gasteiger partial charge in [0.05, 0.1) is 43.0 Å². The van der Waals surface area contributed by atoms with Crippen LogP contribution in [0, 0.1) is 29.9 Å². The second kappa shape index (κ2) is 9.79. The van der Waals surface area contributed by atoms with Gasteiger partial charge in [0, 0.05) is 30.2 Å². The number of halogens is 2. The Labute approximate surface area is 199 Å². The van der Waals surface area contributed by atoms with Crippen LogP contribution in [0.2, 0.25) is 0 Å². The summed E-state index contributed by atoms with van der Waals surface area (Å²) in [5.74, 6) is -1.18. The predicted octanol–water partition coefficient (Wildman–Crippen LogP) is 3.83. The Morgan fingerprint density at radius 1 is 1.17 bits per heavy atom. The number of ether oxygens (including phenoxy) is 1. The fourth-order valence-corrected chi connectivity index (χ4v) is 3.78. The van der Waals surface area contributed by atoms with Gasteiger partial charge in [-0.3, -0.25) is 4.79 Å². The second-order valence-corrected chi connectivity index (χ2v) is 7.80. The van der Waals surface area contributed by atoms with Crippen molar-refractivity contribution in [3.05, 3.63) is 100.0 Å². The van der Waals surface area contributed by atoms with Crippen LogP contribution in [0.1, 0.15) is 22.9 Å². The van der Waals surface area contributed by atoms with Gasteiger partial charge in [0.25, 0.3) is 5.56 Å². The van der Waals surface area contributed by atoms with Crippen molar-refractivity contribution in [1.82, 2.24) is 14.1 Å². The number of aliphatic hydroxyl groups excluding tert-OH is 1. The van der Waals surface area contributed by atoms with Gasteiger partial charge < -0.3 is 24.3 Å². The van der Waals surface area contributed by atoms with Crippen LogP contribution in [0.5, 0.6) is 5.75 Å². The molecule has 35 heavy (non-hydrogen) atoms. The van der Waals surface area contributed by atoms with Gasteiger partial charge in [0.15, 0.2) is 0 Å². The first-order chi connectivity index (χ1) is 16.8. The zero-order valence-corrected chi connectivity index (χ0v) is 18.9. The van der Waals surface area contributed by atoms with Gasteiger partial charge in [0.1, 0.15) is 29.1 Å². The van der Waals surface area contributed by atoms with E-state index in [1.165, 1.54) is 19.4 Å². The molecule has 2 N–H and O–H groups in total. The summed E-state index contributed by atoms with van der Waals surface area (Å²) in [6, 6.07) is 10.2. The smallest absolute Gasteiger partial charge is 0.274 e. The molecule has 2 heterocycles. The highest BCUT2D eigenvalue weighted by atomic mass is 19.1. The van der Waals surface area contributed by atoms with Crippen LogP contribution in [0.4, 0.5) is 20.2 Å². The average Bonchev–Trinajstić information content (AvgIpc) is 3.27. The highest BCUT2D eigenvalue weighted by Gasteiger charge is 2.19. The van der Waals surface area contributed by atoms with Gasteiger partial charge in [-0.15, -0.1) is 0 Å². The van der Waals surface area contributed by atoms with Crippen molar-refractivity contribution in [2.45, 2.75) is 13.0 Å². The maximum absolute atomic E-state index is 13.8. The fourth-order valence-electron chi connectivity index (χ4n) is 3.78. The molecular formula is C25H21F2N5O3. The van der Waals surface area contributed by atoms with Gasteiger partial charge in [-0.05, 0) is 42.8 Å². The second-order valence-electron chi connectivity index (χ2n) is 7.80. The first-order valence-corrected chi connectivity index (χ1v) is 10.5. The minimum absolute atomic E-state index is 0.0349. The predicted molar refractivity (Wildman–Crippen MR) is 125 cm³/mol. The number of pyridine rings is 1. The molecule has 0 saturated heterocycles. The van der Waals surface area contributed by atoms with E-state index in [0.717, 1.165) is 28.1 Å². The first kappa shape index (κ1) is 23.7. The summed E-state index contributed by atoms with van der Waals surface area (Å²) in [7, 11) is 1.51. The number of anilines is 2. The topological polar surface area (TPSA) is 105 Å². The minimum atomic E-state index is -1.11. The number of methoxy groups -OCH3 is 1. The molecule has 0 unspecified atom stereocenters. The van der Waals surface area contributed by atoms with Crippen molar-refractivity contribution < 1.29 is 18.6 Å². The Balaban J connectivity index is 1.75. The number of aliphatic hydroxyl groups is 1. The summed E-state index contributed by atoms with van der Waals surface area (Å²) < 4.78 is 35.9. The Morgan fingerprint density at radius 2 is 1.91 bits per heavy atom. The number of aryl methyl sites for hydroxylation is 1. The Hall–Kier alpha value is -4.49. The lowest BCUT2D eigenvalue weighted by Crippen LogP contribution is -2.29. The number of benzene rings is 2. The van der Waals surface area contributed by atoms with Crippen LogP contribution >= 0.6 is 0 Å². The molecule has 4 aromatic rings. The van der Waals surface area contributed by atoms with Crippen LogP contribution < -0.4 is 15.6 Å². The summed E-state index contributed by atoms with van der Waals surface area (Å²) in [5, 5.41) is 22.4. The SMILES string of the molecule is COc1cc(Nc2cc(C#N)cn([C@@H](CO)c3cc(F)cc(F)c3)c2=O)ccc1-n1cnc(C)c1. The largest absolute Gasteiger partial charge is 0.494 e. The maximum Gasteiger partial charge on any atom is 0.274 e. The number of hydrogen-bond donors (Lipinski definition) is 2. The summed E-state index contributed by atoms with van der Waals surface area (Å²) in [6.45, 7) is 1.24. The molecule has 0 amide bonds. The number of nitriles is 1. The molecule has 8 nitrogen and oxygen atoms in total.